The summed E-state index contributed by atoms with van der Waals surface area (Å²) in [6.07, 6.45) is 3.30. The number of likely N-dealkylation sites (tertiary alicyclic amines) is 2. The molecule has 0 spiro atoms. The number of aromatic nitrogens is 1. The number of amides is 1. The Bertz CT molecular complexity index is 705. The van der Waals surface area contributed by atoms with Crippen LogP contribution in [0.4, 0.5) is 5.69 Å². The van der Waals surface area contributed by atoms with Crippen LogP contribution in [-0.4, -0.2) is 52.5 Å². The number of rotatable bonds is 1. The first-order chi connectivity index (χ1) is 11.5. The topological polar surface area (TPSA) is 71.6 Å². The summed E-state index contributed by atoms with van der Waals surface area (Å²) in [5.74, 6) is 1.15. The van der Waals surface area contributed by atoms with E-state index in [0.717, 1.165) is 51.3 Å². The zero-order chi connectivity index (χ0) is 16.8. The highest BCUT2D eigenvalue weighted by atomic mass is 16.2. The van der Waals surface area contributed by atoms with Gasteiger partial charge in [-0.05, 0) is 37.3 Å². The summed E-state index contributed by atoms with van der Waals surface area (Å²) in [6, 6.07) is 4.37. The fraction of sp³-hybridized carbons (Fsp3) is 0.667. The van der Waals surface area contributed by atoms with Crippen molar-refractivity contribution in [1.29, 1.82) is 0 Å². The number of carbonyl (C=O) groups is 1. The molecule has 2 fully saturated rings. The molecule has 2 N–H and O–H groups in total. The van der Waals surface area contributed by atoms with E-state index in [1.165, 1.54) is 6.42 Å². The minimum atomic E-state index is -0.0228. The van der Waals surface area contributed by atoms with Gasteiger partial charge in [0.25, 0.3) is 5.56 Å². The molecule has 0 radical (unpaired) electrons. The maximum Gasteiger partial charge on any atom is 0.273 e. The van der Waals surface area contributed by atoms with Crippen molar-refractivity contribution in [2.75, 3.05) is 31.9 Å². The van der Waals surface area contributed by atoms with Crippen molar-refractivity contribution in [3.8, 4) is 0 Å². The fourth-order valence-corrected chi connectivity index (χ4v) is 4.84. The van der Waals surface area contributed by atoms with Crippen molar-refractivity contribution in [3.05, 3.63) is 28.2 Å². The number of hydrogen-bond donors (Lipinski definition) is 1. The van der Waals surface area contributed by atoms with Crippen molar-refractivity contribution in [1.82, 2.24) is 14.4 Å². The average molecular weight is 330 g/mol. The summed E-state index contributed by atoms with van der Waals surface area (Å²) in [5.41, 5.74) is 7.28. The number of pyridine rings is 1. The predicted molar refractivity (Wildman–Crippen MR) is 92.8 cm³/mol. The van der Waals surface area contributed by atoms with Crippen LogP contribution < -0.4 is 11.3 Å². The van der Waals surface area contributed by atoms with Crippen LogP contribution in [0.1, 0.15) is 37.8 Å². The molecule has 3 aliphatic rings. The summed E-state index contributed by atoms with van der Waals surface area (Å²) in [5, 5.41) is 0. The number of hydrogen-bond acceptors (Lipinski definition) is 4. The van der Waals surface area contributed by atoms with E-state index in [2.05, 4.69) is 4.90 Å². The van der Waals surface area contributed by atoms with Crippen LogP contribution in [0, 0.1) is 5.92 Å². The maximum absolute atomic E-state index is 12.3. The van der Waals surface area contributed by atoms with Crippen LogP contribution in [0.25, 0.3) is 0 Å². The molecule has 2 atom stereocenters. The standard InChI is InChI=1S/C18H26N4O2/c1-12(23)20-6-4-15(5-7-20)21-9-13-8-14(11-21)17-3-2-16(19)18(24)22(17)10-13/h2-3,13-15H,4-11,19H2,1H3/t13-,14+/m0/s1. The van der Waals surface area contributed by atoms with Gasteiger partial charge in [0, 0.05) is 57.3 Å². The molecule has 6 nitrogen and oxygen atoms in total. The summed E-state index contributed by atoms with van der Waals surface area (Å²) in [4.78, 5) is 28.4. The number of anilines is 1. The fourth-order valence-electron chi connectivity index (χ4n) is 4.84. The first kappa shape index (κ1) is 15.7. The molecule has 2 saturated heterocycles. The molecule has 130 valence electrons. The summed E-state index contributed by atoms with van der Waals surface area (Å²) in [6.45, 7) is 6.27. The maximum atomic E-state index is 12.3. The molecule has 1 aromatic rings. The van der Waals surface area contributed by atoms with Crippen LogP contribution in [0.3, 0.4) is 0 Å². The predicted octanol–water partition coefficient (Wildman–Crippen LogP) is 0.861. The Kier molecular flexibility index (Phi) is 3.87. The lowest BCUT2D eigenvalue weighted by atomic mass is 9.82. The third-order valence-electron chi connectivity index (χ3n) is 6.09. The van der Waals surface area contributed by atoms with Crippen LogP contribution in [0.15, 0.2) is 16.9 Å². The smallest absolute Gasteiger partial charge is 0.273 e. The number of nitrogen functional groups attached to an aromatic ring is 1. The molecule has 3 aliphatic heterocycles. The molecule has 0 aliphatic carbocycles. The average Bonchev–Trinajstić information content (AvgIpc) is 2.58. The van der Waals surface area contributed by atoms with Gasteiger partial charge in [0.15, 0.2) is 0 Å². The van der Waals surface area contributed by atoms with Gasteiger partial charge in [-0.2, -0.15) is 0 Å². The van der Waals surface area contributed by atoms with E-state index in [1.807, 2.05) is 15.5 Å². The molecule has 1 aromatic heterocycles. The second-order valence-electron chi connectivity index (χ2n) is 7.62. The zero-order valence-electron chi connectivity index (χ0n) is 14.3. The van der Waals surface area contributed by atoms with Gasteiger partial charge < -0.3 is 15.2 Å². The van der Waals surface area contributed by atoms with Gasteiger partial charge in [-0.25, -0.2) is 0 Å². The molecule has 2 bridgehead atoms. The van der Waals surface area contributed by atoms with Crippen molar-refractivity contribution in [3.63, 3.8) is 0 Å². The number of fused-ring (bicyclic) bond motifs is 4. The largest absolute Gasteiger partial charge is 0.394 e. The Morgan fingerprint density at radius 2 is 1.92 bits per heavy atom. The summed E-state index contributed by atoms with van der Waals surface area (Å²) >= 11 is 0. The Labute approximate surface area is 142 Å². The molecule has 0 saturated carbocycles. The minimum absolute atomic E-state index is 0.0228. The number of nitrogens with zero attached hydrogens (tertiary/aromatic N) is 3. The third-order valence-corrected chi connectivity index (χ3v) is 6.09. The number of piperidine rings is 2. The highest BCUT2D eigenvalue weighted by molar-refractivity contribution is 5.73. The highest BCUT2D eigenvalue weighted by Crippen LogP contribution is 2.37. The molecular weight excluding hydrogens is 304 g/mol. The molecule has 1 amide bonds. The van der Waals surface area contributed by atoms with Crippen LogP contribution in [0.2, 0.25) is 0 Å². The minimum Gasteiger partial charge on any atom is -0.394 e. The second-order valence-corrected chi connectivity index (χ2v) is 7.62. The molecule has 4 heterocycles. The first-order valence-electron chi connectivity index (χ1n) is 9.01. The van der Waals surface area contributed by atoms with E-state index in [1.54, 1.807) is 13.0 Å². The second kappa shape index (κ2) is 5.92. The third kappa shape index (κ3) is 2.62. The Balaban J connectivity index is 1.50. The van der Waals surface area contributed by atoms with Gasteiger partial charge in [0.1, 0.15) is 0 Å². The Morgan fingerprint density at radius 1 is 1.17 bits per heavy atom. The molecule has 6 heteroatoms. The quantitative estimate of drug-likeness (QED) is 0.829. The SMILES string of the molecule is CC(=O)N1CCC(N2C[C@@H]3C[C@H](C2)c2ccc(N)c(=O)n2C3)CC1. The van der Waals surface area contributed by atoms with Crippen LogP contribution in [-0.2, 0) is 11.3 Å². The lowest BCUT2D eigenvalue weighted by Gasteiger charge is -2.47. The van der Waals surface area contributed by atoms with Gasteiger partial charge in [-0.1, -0.05) is 0 Å². The van der Waals surface area contributed by atoms with Gasteiger partial charge in [-0.15, -0.1) is 0 Å². The van der Waals surface area contributed by atoms with Crippen molar-refractivity contribution in [2.45, 2.75) is 44.7 Å². The zero-order valence-corrected chi connectivity index (χ0v) is 14.3. The number of nitrogens with two attached hydrogens (primary N) is 1. The highest BCUT2D eigenvalue weighted by Gasteiger charge is 2.38. The van der Waals surface area contributed by atoms with E-state index >= 15 is 0 Å². The normalized spacial score (nSPS) is 27.8. The molecule has 24 heavy (non-hydrogen) atoms. The van der Waals surface area contributed by atoms with Crippen molar-refractivity contribution in [2.24, 2.45) is 5.92 Å². The molecule has 0 unspecified atom stereocenters. The Hall–Kier alpha value is -1.82. The van der Waals surface area contributed by atoms with E-state index in [9.17, 15) is 9.59 Å². The Morgan fingerprint density at radius 3 is 2.62 bits per heavy atom. The van der Waals surface area contributed by atoms with Crippen LogP contribution >= 0.6 is 0 Å². The monoisotopic (exact) mass is 330 g/mol. The molecular formula is C18H26N4O2. The van der Waals surface area contributed by atoms with E-state index in [4.69, 9.17) is 5.73 Å². The van der Waals surface area contributed by atoms with E-state index < -0.39 is 0 Å². The molecule has 0 aromatic carbocycles. The lowest BCUT2D eigenvalue weighted by molar-refractivity contribution is -0.130. The van der Waals surface area contributed by atoms with Gasteiger partial charge in [0.2, 0.25) is 5.91 Å². The first-order valence-corrected chi connectivity index (χ1v) is 9.01. The summed E-state index contributed by atoms with van der Waals surface area (Å²) < 4.78 is 1.91. The lowest BCUT2D eigenvalue weighted by Crippen LogP contribution is -2.53. The van der Waals surface area contributed by atoms with Crippen molar-refractivity contribution >= 4 is 11.6 Å². The van der Waals surface area contributed by atoms with E-state index in [0.29, 0.717) is 23.6 Å². The van der Waals surface area contributed by atoms with Gasteiger partial charge in [0.05, 0.1) is 5.69 Å². The van der Waals surface area contributed by atoms with Crippen molar-refractivity contribution < 1.29 is 4.79 Å². The number of carbonyl (C=O) groups excluding carboxylic acids is 1. The van der Waals surface area contributed by atoms with E-state index in [-0.39, 0.29) is 11.5 Å². The summed E-state index contributed by atoms with van der Waals surface area (Å²) in [7, 11) is 0. The van der Waals surface area contributed by atoms with Crippen LogP contribution in [0.5, 0.6) is 0 Å². The molecule has 4 rings (SSSR count). The van der Waals surface area contributed by atoms with Gasteiger partial charge in [-0.3, -0.25) is 14.5 Å². The van der Waals surface area contributed by atoms with Gasteiger partial charge >= 0.3 is 0 Å².